The Balaban J connectivity index is 1.42. The van der Waals surface area contributed by atoms with Gasteiger partial charge < -0.3 is 9.47 Å². The quantitative estimate of drug-likeness (QED) is 0.193. The molecule has 0 spiro atoms. The molecule has 0 fully saturated rings. The summed E-state index contributed by atoms with van der Waals surface area (Å²) in [5, 5.41) is 1.86. The fourth-order valence-electron chi connectivity index (χ4n) is 5.72. The normalized spacial score (nSPS) is 13.7. The third kappa shape index (κ3) is 4.63. The van der Waals surface area contributed by atoms with Gasteiger partial charge in [0.25, 0.3) is 0 Å². The van der Waals surface area contributed by atoms with Crippen molar-refractivity contribution < 1.29 is 11.0 Å². The van der Waals surface area contributed by atoms with E-state index < -0.39 is 24.2 Å². The first-order chi connectivity index (χ1) is 25.2. The smallest absolute Gasteiger partial charge is 0.0651 e. The zero-order valence-electron chi connectivity index (χ0n) is 31.6. The van der Waals surface area contributed by atoms with Gasteiger partial charge in [0.15, 0.2) is 0 Å². The highest BCUT2D eigenvalue weighted by atomic mass is 15.1. The van der Waals surface area contributed by atoms with E-state index in [1.807, 2.05) is 78.9 Å². The van der Waals surface area contributed by atoms with Crippen molar-refractivity contribution in [1.29, 1.82) is 0 Å². The molecule has 2 heteroatoms. The van der Waals surface area contributed by atoms with Crippen molar-refractivity contribution in [2.45, 2.75) is 0 Å². The minimum Gasteiger partial charge on any atom is -0.310 e. The molecule has 0 N–H and O–H groups in total. The zero-order valence-corrected chi connectivity index (χ0v) is 23.6. The van der Waals surface area contributed by atoms with Crippen molar-refractivity contribution >= 4 is 38.9 Å². The fourth-order valence-corrected chi connectivity index (χ4v) is 5.72. The van der Waals surface area contributed by atoms with E-state index in [1.54, 1.807) is 54.6 Å². The van der Waals surface area contributed by atoms with Crippen molar-refractivity contribution in [3.8, 4) is 27.9 Å². The first-order valence-electron chi connectivity index (χ1n) is 18.4. The maximum absolute atomic E-state index is 9.68. The third-order valence-electron chi connectivity index (χ3n) is 7.72. The van der Waals surface area contributed by atoms with Crippen LogP contribution < -0.4 is 4.90 Å². The molecule has 0 saturated carbocycles. The largest absolute Gasteiger partial charge is 0.310 e. The molecule has 2 nitrogen and oxygen atoms in total. The van der Waals surface area contributed by atoms with Gasteiger partial charge in [0, 0.05) is 33.5 Å². The molecule has 0 aliphatic heterocycles. The molecule has 0 aliphatic carbocycles. The van der Waals surface area contributed by atoms with Crippen LogP contribution in [0.25, 0.3) is 49.7 Å². The van der Waals surface area contributed by atoms with Crippen LogP contribution in [0, 0.1) is 0 Å². The molecule has 8 rings (SSSR count). The minimum absolute atomic E-state index is 0.0995. The number of aromatic nitrogens is 1. The lowest BCUT2D eigenvalue weighted by Gasteiger charge is -2.26. The monoisotopic (exact) mass is 570 g/mol. The van der Waals surface area contributed by atoms with Gasteiger partial charge in [0.1, 0.15) is 0 Å². The number of anilines is 3. The number of fused-ring (bicyclic) bond motifs is 3. The summed E-state index contributed by atoms with van der Waals surface area (Å²) in [6, 6.07) is 38.5. The SMILES string of the molecule is [2H]c1c([2H])c(-c2ccccc2)c([2H])c(N(c2ccccc2)c2c([2H])c([2H])c([2H])c(-c3ccc4c(c3)c3ccccc3n4-c3ccccc3)c2[2H])c1[2H]. The average Bonchev–Trinajstić information content (AvgIpc) is 3.50. The van der Waals surface area contributed by atoms with Gasteiger partial charge >= 0.3 is 0 Å². The summed E-state index contributed by atoms with van der Waals surface area (Å²) in [7, 11) is 0. The van der Waals surface area contributed by atoms with Crippen LogP contribution in [-0.2, 0) is 0 Å². The lowest BCUT2D eigenvalue weighted by Crippen LogP contribution is -2.10. The Hall–Kier alpha value is -5.86. The van der Waals surface area contributed by atoms with E-state index in [1.165, 1.54) is 4.90 Å². The molecule has 0 aliphatic rings. The lowest BCUT2D eigenvalue weighted by molar-refractivity contribution is 1.18. The zero-order chi connectivity index (χ0) is 36.3. The Morgan fingerprint density at radius 1 is 0.432 bits per heavy atom. The maximum Gasteiger partial charge on any atom is 0.0651 e. The molecule has 8 aromatic rings. The summed E-state index contributed by atoms with van der Waals surface area (Å²) in [6.45, 7) is 0. The van der Waals surface area contributed by atoms with E-state index in [9.17, 15) is 4.11 Å². The summed E-state index contributed by atoms with van der Waals surface area (Å²) in [6.07, 6.45) is 0. The summed E-state index contributed by atoms with van der Waals surface area (Å²) in [5.74, 6) is 0. The predicted octanol–water partition coefficient (Wildman–Crippen LogP) is 11.6. The van der Waals surface area contributed by atoms with Crippen molar-refractivity contribution in [1.82, 2.24) is 4.57 Å². The summed E-state index contributed by atoms with van der Waals surface area (Å²) >= 11 is 0. The lowest BCUT2D eigenvalue weighted by atomic mass is 10.0. The van der Waals surface area contributed by atoms with E-state index in [4.69, 9.17) is 6.85 Å². The minimum atomic E-state index is -0.425. The molecule has 44 heavy (non-hydrogen) atoms. The predicted molar refractivity (Wildman–Crippen MR) is 186 cm³/mol. The van der Waals surface area contributed by atoms with Gasteiger partial charge in [-0.25, -0.2) is 0 Å². The topological polar surface area (TPSA) is 8.17 Å². The number of hydrogen-bond acceptors (Lipinski definition) is 1. The first-order valence-corrected chi connectivity index (χ1v) is 14.4. The number of benzene rings is 7. The van der Waals surface area contributed by atoms with Gasteiger partial charge in [0.05, 0.1) is 22.0 Å². The molecular formula is C42H30N2. The molecule has 0 saturated heterocycles. The maximum atomic E-state index is 9.68. The van der Waals surface area contributed by atoms with Crippen molar-refractivity contribution in [3.05, 3.63) is 182 Å². The molecule has 0 radical (unpaired) electrons. The second-order valence-corrected chi connectivity index (χ2v) is 10.4. The summed E-state index contributed by atoms with van der Waals surface area (Å²) < 4.78 is 75.2. The van der Waals surface area contributed by atoms with Gasteiger partial charge in [-0.2, -0.15) is 0 Å². The Bertz CT molecular complexity index is 2660. The van der Waals surface area contributed by atoms with Crippen LogP contribution >= 0.6 is 0 Å². The summed E-state index contributed by atoms with van der Waals surface area (Å²) in [5.41, 5.74) is 4.37. The van der Waals surface area contributed by atoms with Gasteiger partial charge in [-0.3, -0.25) is 0 Å². The van der Waals surface area contributed by atoms with Crippen molar-refractivity contribution in [2.75, 3.05) is 4.90 Å². The number of nitrogens with zero attached hydrogens (tertiary/aromatic N) is 2. The fraction of sp³-hybridized carbons (Fsp3) is 0. The third-order valence-corrected chi connectivity index (χ3v) is 7.72. The molecule has 1 aromatic heterocycles. The Labute approximate surface area is 268 Å². The standard InChI is InChI=1S/C42H30N2/c1-4-14-31(15-5-1)32-16-12-22-37(28-32)43(35-18-6-2-7-19-35)38-23-13-17-33(29-38)34-26-27-42-40(30-34)39-24-10-11-25-41(39)44(42)36-20-8-3-9-21-36/h1-30H/i12D,13D,16D,17D,22D,23D,28D,29D. The Kier molecular flexibility index (Phi) is 4.70. The second-order valence-electron chi connectivity index (χ2n) is 10.4. The van der Waals surface area contributed by atoms with Crippen LogP contribution in [0.2, 0.25) is 0 Å². The number of hydrogen-bond donors (Lipinski definition) is 0. The molecule has 208 valence electrons. The highest BCUT2D eigenvalue weighted by Gasteiger charge is 2.16. The van der Waals surface area contributed by atoms with E-state index >= 15 is 0 Å². The van der Waals surface area contributed by atoms with Gasteiger partial charge in [0.2, 0.25) is 0 Å². The highest BCUT2D eigenvalue weighted by Crippen LogP contribution is 2.39. The van der Waals surface area contributed by atoms with Gasteiger partial charge in [-0.1, -0.05) is 115 Å². The van der Waals surface area contributed by atoms with E-state index in [2.05, 4.69) is 4.57 Å². The van der Waals surface area contributed by atoms with Crippen molar-refractivity contribution in [3.63, 3.8) is 0 Å². The average molecular weight is 571 g/mol. The van der Waals surface area contributed by atoms with Gasteiger partial charge in [-0.15, -0.1) is 0 Å². The highest BCUT2D eigenvalue weighted by molar-refractivity contribution is 6.10. The van der Waals surface area contributed by atoms with Gasteiger partial charge in [-0.05, 0) is 88.9 Å². The molecule has 0 amide bonds. The van der Waals surface area contributed by atoms with Crippen molar-refractivity contribution in [2.24, 2.45) is 0 Å². The molecule has 1 heterocycles. The molecular weight excluding hydrogens is 532 g/mol. The Morgan fingerprint density at radius 3 is 1.70 bits per heavy atom. The van der Waals surface area contributed by atoms with Crippen LogP contribution in [-0.4, -0.2) is 4.57 Å². The number of rotatable bonds is 6. The van der Waals surface area contributed by atoms with Crippen LogP contribution in [0.4, 0.5) is 17.1 Å². The second kappa shape index (κ2) is 11.1. The number of para-hydroxylation sites is 3. The molecule has 0 atom stereocenters. The molecule has 0 unspecified atom stereocenters. The van der Waals surface area contributed by atoms with Crippen LogP contribution in [0.3, 0.4) is 0 Å². The van der Waals surface area contributed by atoms with Crippen LogP contribution in [0.5, 0.6) is 0 Å². The first kappa shape index (κ1) is 18.6. The Morgan fingerprint density at radius 2 is 1.00 bits per heavy atom. The molecule has 7 aromatic carbocycles. The van der Waals surface area contributed by atoms with Crippen LogP contribution in [0.15, 0.2) is 182 Å². The van der Waals surface area contributed by atoms with E-state index in [0.29, 0.717) is 16.8 Å². The summed E-state index contributed by atoms with van der Waals surface area (Å²) in [4.78, 5) is 1.40. The molecule has 0 bridgehead atoms. The van der Waals surface area contributed by atoms with Crippen LogP contribution in [0.1, 0.15) is 11.0 Å². The van der Waals surface area contributed by atoms with E-state index in [-0.39, 0.29) is 46.7 Å². The van der Waals surface area contributed by atoms with E-state index in [0.717, 1.165) is 27.5 Å².